The minimum absolute atomic E-state index is 0.0751. The normalized spacial score (nSPS) is 13.1. The highest BCUT2D eigenvalue weighted by atomic mass is 16.3. The molecular formula is C27H36N6O2. The lowest BCUT2D eigenvalue weighted by molar-refractivity contribution is 0.135. The number of H-pyrrole nitrogens is 1. The number of hydrogen-bond donors (Lipinski definition) is 1. The Morgan fingerprint density at radius 1 is 1.14 bits per heavy atom. The summed E-state index contributed by atoms with van der Waals surface area (Å²) in [5.41, 5.74) is 3.63. The molecule has 8 heteroatoms. The molecule has 0 radical (unpaired) electrons. The number of tetrazole rings is 1. The second-order valence-corrected chi connectivity index (χ2v) is 10.1. The van der Waals surface area contributed by atoms with E-state index in [1.54, 1.807) is 6.26 Å². The molecule has 0 saturated carbocycles. The lowest BCUT2D eigenvalue weighted by Gasteiger charge is -2.33. The molecule has 1 N–H and O–H groups in total. The first kappa shape index (κ1) is 24.9. The molecule has 8 nitrogen and oxygen atoms in total. The summed E-state index contributed by atoms with van der Waals surface area (Å²) >= 11 is 0. The number of nitrogens with one attached hydrogen (secondary N) is 1. The van der Waals surface area contributed by atoms with Crippen LogP contribution in [0.3, 0.4) is 0 Å². The third kappa shape index (κ3) is 5.22. The molecule has 1 aromatic carbocycles. The Kier molecular flexibility index (Phi) is 7.21. The van der Waals surface area contributed by atoms with Crippen LogP contribution in [0.2, 0.25) is 0 Å². The minimum Gasteiger partial charge on any atom is -0.468 e. The highest BCUT2D eigenvalue weighted by Gasteiger charge is 2.32. The second-order valence-electron chi connectivity index (χ2n) is 10.1. The van der Waals surface area contributed by atoms with Crippen molar-refractivity contribution in [3.05, 3.63) is 75.2 Å². The zero-order chi connectivity index (χ0) is 25.2. The van der Waals surface area contributed by atoms with E-state index in [1.807, 2.05) is 28.9 Å². The summed E-state index contributed by atoms with van der Waals surface area (Å²) in [4.78, 5) is 18.5. The molecule has 4 aromatic rings. The van der Waals surface area contributed by atoms with E-state index in [0.29, 0.717) is 18.7 Å². The van der Waals surface area contributed by atoms with Crippen molar-refractivity contribution in [3.8, 4) is 0 Å². The molecule has 0 aliphatic rings. The van der Waals surface area contributed by atoms with Crippen molar-refractivity contribution in [2.75, 3.05) is 0 Å². The maximum Gasteiger partial charge on any atom is 0.252 e. The molecule has 0 amide bonds. The van der Waals surface area contributed by atoms with E-state index >= 15 is 0 Å². The molecule has 0 bridgehead atoms. The Hall–Kier alpha value is -3.26. The Balaban J connectivity index is 1.78. The summed E-state index contributed by atoms with van der Waals surface area (Å²) in [5.74, 6) is 1.65. The Morgan fingerprint density at radius 2 is 1.91 bits per heavy atom. The van der Waals surface area contributed by atoms with Gasteiger partial charge in [-0.15, -0.1) is 5.10 Å². The zero-order valence-electron chi connectivity index (χ0n) is 21.6. The molecule has 0 aliphatic carbocycles. The van der Waals surface area contributed by atoms with E-state index < -0.39 is 0 Å². The minimum atomic E-state index is -0.225. The Bertz CT molecular complexity index is 1340. The Morgan fingerprint density at radius 3 is 2.60 bits per heavy atom. The van der Waals surface area contributed by atoms with E-state index in [4.69, 9.17) is 4.42 Å². The van der Waals surface area contributed by atoms with Crippen molar-refractivity contribution in [1.82, 2.24) is 30.1 Å². The third-order valence-electron chi connectivity index (χ3n) is 7.08. The van der Waals surface area contributed by atoms with Crippen LogP contribution in [0.4, 0.5) is 0 Å². The van der Waals surface area contributed by atoms with Crippen molar-refractivity contribution in [2.45, 2.75) is 85.5 Å². The van der Waals surface area contributed by atoms with E-state index in [2.05, 4.69) is 73.0 Å². The summed E-state index contributed by atoms with van der Waals surface area (Å²) in [6, 6.07) is 9.96. The molecule has 4 rings (SSSR count). The molecule has 0 saturated heterocycles. The number of nitrogens with zero attached hydrogens (tertiary/aromatic N) is 5. The van der Waals surface area contributed by atoms with Crippen LogP contribution in [0.15, 0.2) is 45.8 Å². The van der Waals surface area contributed by atoms with E-state index in [1.165, 1.54) is 5.56 Å². The van der Waals surface area contributed by atoms with Crippen molar-refractivity contribution >= 4 is 10.9 Å². The predicted octanol–water partition coefficient (Wildman–Crippen LogP) is 5.41. The van der Waals surface area contributed by atoms with Gasteiger partial charge in [-0.1, -0.05) is 20.3 Å². The van der Waals surface area contributed by atoms with Crippen LogP contribution < -0.4 is 5.56 Å². The first-order valence-corrected chi connectivity index (χ1v) is 12.4. The number of hydrogen-bond acceptors (Lipinski definition) is 6. The van der Waals surface area contributed by atoms with Crippen molar-refractivity contribution in [3.63, 3.8) is 0 Å². The number of aromatic nitrogens is 5. The van der Waals surface area contributed by atoms with Crippen LogP contribution in [0.5, 0.6) is 0 Å². The van der Waals surface area contributed by atoms with Crippen LogP contribution in [0.1, 0.15) is 81.3 Å². The highest BCUT2D eigenvalue weighted by molar-refractivity contribution is 5.80. The average Bonchev–Trinajstić information content (AvgIpc) is 3.51. The van der Waals surface area contributed by atoms with Gasteiger partial charge < -0.3 is 9.40 Å². The molecule has 3 aromatic heterocycles. The molecule has 1 atom stereocenters. The fourth-order valence-corrected chi connectivity index (χ4v) is 4.47. The molecule has 3 heterocycles. The predicted molar refractivity (Wildman–Crippen MR) is 137 cm³/mol. The monoisotopic (exact) mass is 476 g/mol. The largest absolute Gasteiger partial charge is 0.468 e. The number of furan rings is 1. The summed E-state index contributed by atoms with van der Waals surface area (Å²) in [7, 11) is 0. The number of aromatic amines is 1. The smallest absolute Gasteiger partial charge is 0.252 e. The Labute approximate surface area is 206 Å². The van der Waals surface area contributed by atoms with Gasteiger partial charge in [0.1, 0.15) is 5.76 Å². The maximum absolute atomic E-state index is 13.2. The van der Waals surface area contributed by atoms with Crippen molar-refractivity contribution in [2.24, 2.45) is 0 Å². The van der Waals surface area contributed by atoms with Gasteiger partial charge in [-0.2, -0.15) is 0 Å². The third-order valence-corrected chi connectivity index (χ3v) is 7.08. The van der Waals surface area contributed by atoms with Crippen LogP contribution in [-0.2, 0) is 18.6 Å². The van der Waals surface area contributed by atoms with Gasteiger partial charge in [0.25, 0.3) is 5.56 Å². The van der Waals surface area contributed by atoms with Gasteiger partial charge in [0.05, 0.1) is 24.4 Å². The number of benzene rings is 1. The molecular weight excluding hydrogens is 440 g/mol. The summed E-state index contributed by atoms with van der Waals surface area (Å²) in [6.07, 6.45) is 4.38. The van der Waals surface area contributed by atoms with Gasteiger partial charge in [-0.05, 0) is 97.8 Å². The molecule has 35 heavy (non-hydrogen) atoms. The van der Waals surface area contributed by atoms with E-state index in [9.17, 15) is 4.79 Å². The van der Waals surface area contributed by atoms with Gasteiger partial charge in [0.2, 0.25) is 0 Å². The standard InChI is InChI=1S/C27H36N6O2/c1-7-10-24(25-29-30-31-33(25)27(5,6)8-2)32(17-22-11-9-12-35-22)16-21-15-20-13-18(3)19(4)14-23(20)28-26(21)34/h9,11-15,24H,7-8,10,16-17H2,1-6H3,(H,28,34)/t24-/m1/s1. The molecule has 0 spiro atoms. The lowest BCUT2D eigenvalue weighted by atomic mass is 10.0. The number of rotatable bonds is 10. The topological polar surface area (TPSA) is 92.8 Å². The fraction of sp³-hybridized carbons (Fsp3) is 0.481. The molecule has 186 valence electrons. The number of pyridine rings is 1. The highest BCUT2D eigenvalue weighted by Crippen LogP contribution is 2.31. The summed E-state index contributed by atoms with van der Waals surface area (Å²) in [5, 5.41) is 13.9. The van der Waals surface area contributed by atoms with Crippen molar-refractivity contribution in [1.29, 1.82) is 0 Å². The zero-order valence-corrected chi connectivity index (χ0v) is 21.6. The van der Waals surface area contributed by atoms with Gasteiger partial charge in [0, 0.05) is 17.6 Å². The number of aryl methyl sites for hydroxylation is 2. The quantitative estimate of drug-likeness (QED) is 0.329. The van der Waals surface area contributed by atoms with E-state index in [0.717, 1.165) is 47.3 Å². The van der Waals surface area contributed by atoms with Crippen LogP contribution in [-0.4, -0.2) is 30.1 Å². The number of fused-ring (bicyclic) bond motifs is 1. The molecule has 0 unspecified atom stereocenters. The summed E-state index contributed by atoms with van der Waals surface area (Å²) in [6.45, 7) is 13.7. The average molecular weight is 477 g/mol. The lowest BCUT2D eigenvalue weighted by Crippen LogP contribution is -2.36. The molecule has 0 fully saturated rings. The van der Waals surface area contributed by atoms with Gasteiger partial charge in [-0.25, -0.2) is 4.68 Å². The fourth-order valence-electron chi connectivity index (χ4n) is 4.47. The van der Waals surface area contributed by atoms with Crippen LogP contribution in [0.25, 0.3) is 10.9 Å². The van der Waals surface area contributed by atoms with E-state index in [-0.39, 0.29) is 17.1 Å². The van der Waals surface area contributed by atoms with Crippen molar-refractivity contribution < 1.29 is 4.42 Å². The van der Waals surface area contributed by atoms with Crippen LogP contribution >= 0.6 is 0 Å². The van der Waals surface area contributed by atoms with Gasteiger partial charge in [-0.3, -0.25) is 9.69 Å². The first-order valence-electron chi connectivity index (χ1n) is 12.4. The maximum atomic E-state index is 13.2. The summed E-state index contributed by atoms with van der Waals surface area (Å²) < 4.78 is 7.65. The second kappa shape index (κ2) is 10.2. The van der Waals surface area contributed by atoms with Gasteiger partial charge >= 0.3 is 0 Å². The van der Waals surface area contributed by atoms with Gasteiger partial charge in [0.15, 0.2) is 5.82 Å². The first-order chi connectivity index (χ1) is 16.7. The van der Waals surface area contributed by atoms with Crippen LogP contribution in [0, 0.1) is 13.8 Å². The SMILES string of the molecule is CCC[C@H](c1nnnn1C(C)(C)CC)N(Cc1ccco1)Cc1cc2cc(C)c(C)cc2[nH]c1=O. The molecule has 0 aliphatic heterocycles.